The van der Waals surface area contributed by atoms with Crippen molar-refractivity contribution in [2.75, 3.05) is 44.9 Å². The van der Waals surface area contributed by atoms with Gasteiger partial charge in [-0.15, -0.1) is 0 Å². The number of rotatable bonds is 13. The highest BCUT2D eigenvalue weighted by atomic mass is 16.6. The number of carbonyl (C=O) groups excluding carboxylic acids is 3. The van der Waals surface area contributed by atoms with Gasteiger partial charge in [-0.05, 0) is 55.7 Å². The Kier molecular flexibility index (Phi) is 12.2. The molecule has 0 aliphatic carbocycles. The van der Waals surface area contributed by atoms with Gasteiger partial charge < -0.3 is 19.9 Å². The minimum Gasteiger partial charge on any atom is -0.508 e. The van der Waals surface area contributed by atoms with E-state index < -0.39 is 12.0 Å². The predicted molar refractivity (Wildman–Crippen MR) is 188 cm³/mol. The lowest BCUT2D eigenvalue weighted by atomic mass is 10.0. The third-order valence-corrected chi connectivity index (χ3v) is 8.28. The maximum absolute atomic E-state index is 13.6. The molecule has 4 aromatic rings. The minimum atomic E-state index is -0.510. The molecule has 1 aliphatic rings. The Morgan fingerprint density at radius 2 is 1.59 bits per heavy atom. The molecule has 0 atom stereocenters. The molecular formula is C38H43N5O6. The highest BCUT2D eigenvalue weighted by molar-refractivity contribution is 5.99. The summed E-state index contributed by atoms with van der Waals surface area (Å²) in [6, 6.07) is 29.0. The van der Waals surface area contributed by atoms with Crippen LogP contribution in [0.2, 0.25) is 0 Å². The van der Waals surface area contributed by atoms with Crippen LogP contribution >= 0.6 is 0 Å². The number of hydrogen-bond donors (Lipinski definition) is 3. The van der Waals surface area contributed by atoms with Crippen molar-refractivity contribution >= 4 is 23.6 Å². The molecule has 1 aliphatic heterocycles. The van der Waals surface area contributed by atoms with Crippen molar-refractivity contribution in [1.29, 1.82) is 0 Å². The van der Waals surface area contributed by atoms with Crippen LogP contribution in [-0.4, -0.2) is 72.9 Å². The van der Waals surface area contributed by atoms with E-state index in [-0.39, 0.29) is 31.4 Å². The highest BCUT2D eigenvalue weighted by Crippen LogP contribution is 2.33. The van der Waals surface area contributed by atoms with E-state index in [1.165, 1.54) is 24.3 Å². The summed E-state index contributed by atoms with van der Waals surface area (Å²) in [5, 5.41) is 17.6. The van der Waals surface area contributed by atoms with Gasteiger partial charge in [0.1, 0.15) is 18.1 Å². The molecule has 1 heterocycles. The largest absolute Gasteiger partial charge is 0.508 e. The van der Waals surface area contributed by atoms with E-state index in [1.807, 2.05) is 66.5 Å². The van der Waals surface area contributed by atoms with Crippen molar-refractivity contribution in [3.63, 3.8) is 0 Å². The van der Waals surface area contributed by atoms with Gasteiger partial charge in [0.25, 0.3) is 11.8 Å². The number of aromatic hydroxyl groups is 1. The van der Waals surface area contributed by atoms with Gasteiger partial charge in [0.05, 0.1) is 19.3 Å². The van der Waals surface area contributed by atoms with Crippen LogP contribution in [0.25, 0.3) is 11.1 Å². The summed E-state index contributed by atoms with van der Waals surface area (Å²) in [5.41, 5.74) is 7.16. The number of methoxy groups -OCH3 is 1. The van der Waals surface area contributed by atoms with E-state index in [0.29, 0.717) is 23.4 Å². The molecule has 0 saturated carbocycles. The molecule has 3 N–H and O–H groups in total. The van der Waals surface area contributed by atoms with Crippen molar-refractivity contribution in [2.24, 2.45) is 0 Å². The topological polar surface area (TPSA) is 124 Å². The predicted octanol–water partition coefficient (Wildman–Crippen LogP) is 6.01. The number of piperidine rings is 1. The molecule has 11 nitrogen and oxygen atoms in total. The maximum atomic E-state index is 13.6. The van der Waals surface area contributed by atoms with Crippen LogP contribution in [-0.2, 0) is 11.3 Å². The number of phenols is 1. The number of nitrogens with one attached hydrogen (secondary N) is 2. The lowest BCUT2D eigenvalue weighted by Crippen LogP contribution is -2.50. The number of phenolic OH excluding ortho intramolecular Hbond substituents is 1. The van der Waals surface area contributed by atoms with Gasteiger partial charge in [-0.1, -0.05) is 67.1 Å². The Balaban J connectivity index is 1.19. The van der Waals surface area contributed by atoms with E-state index in [0.717, 1.165) is 54.7 Å². The first kappa shape index (κ1) is 34.9. The Labute approximate surface area is 287 Å². The molecule has 1 saturated heterocycles. The zero-order chi connectivity index (χ0) is 34.6. The number of nitrogens with zero attached hydrogens (tertiary/aromatic N) is 3. The fourth-order valence-electron chi connectivity index (χ4n) is 5.77. The molecule has 0 aromatic heterocycles. The molecule has 3 amide bonds. The molecule has 0 bridgehead atoms. The summed E-state index contributed by atoms with van der Waals surface area (Å²) in [4.78, 5) is 40.0. The second-order valence-corrected chi connectivity index (χ2v) is 11.5. The SMILES string of the molecule is CCN(NCc1ccc(O)cc1OC)C(=O)c1cccc(C(=O)NCCOC(=O)N(c2ccccc2-c2ccccc2)N2CCCCC2)c1. The summed E-state index contributed by atoms with van der Waals surface area (Å²) in [7, 11) is 1.51. The Morgan fingerprint density at radius 1 is 0.857 bits per heavy atom. The first-order valence-electron chi connectivity index (χ1n) is 16.5. The van der Waals surface area contributed by atoms with Crippen molar-refractivity contribution < 1.29 is 29.0 Å². The van der Waals surface area contributed by atoms with Gasteiger partial charge in [0.15, 0.2) is 0 Å². The van der Waals surface area contributed by atoms with Crippen LogP contribution in [0.15, 0.2) is 97.1 Å². The average molecular weight is 666 g/mol. The van der Waals surface area contributed by atoms with Crippen molar-refractivity contribution in [1.82, 2.24) is 20.8 Å². The number of anilines is 1. The number of hydrazine groups is 2. The van der Waals surface area contributed by atoms with Gasteiger partial charge in [0, 0.05) is 54.5 Å². The van der Waals surface area contributed by atoms with Crippen molar-refractivity contribution in [3.05, 3.63) is 114 Å². The monoisotopic (exact) mass is 665 g/mol. The van der Waals surface area contributed by atoms with Crippen LogP contribution in [0.5, 0.6) is 11.5 Å². The molecule has 0 radical (unpaired) electrons. The standard InChI is InChI=1S/C38H43N5O6/c1-3-42(40-27-31-19-20-32(44)26-35(31)48-2)37(46)30-16-12-15-29(25-30)36(45)39-21-24-49-38(47)43(41-22-10-5-11-23-41)34-18-9-8-17-33(34)28-13-6-4-7-14-28/h4,6-9,12-20,25-26,40,44H,3,5,10-11,21-24,27H2,1-2H3,(H,39,45). The van der Waals surface area contributed by atoms with Gasteiger partial charge in [-0.25, -0.2) is 20.2 Å². The molecule has 5 rings (SSSR count). The number of hydrogen-bond acceptors (Lipinski definition) is 8. The average Bonchev–Trinajstić information content (AvgIpc) is 3.15. The molecule has 256 valence electrons. The summed E-state index contributed by atoms with van der Waals surface area (Å²) in [5.74, 6) is -0.117. The molecule has 49 heavy (non-hydrogen) atoms. The summed E-state index contributed by atoms with van der Waals surface area (Å²) < 4.78 is 11.1. The zero-order valence-electron chi connectivity index (χ0n) is 27.9. The molecule has 0 spiro atoms. The third kappa shape index (κ3) is 8.95. The van der Waals surface area contributed by atoms with Gasteiger partial charge >= 0.3 is 6.09 Å². The fourth-order valence-corrected chi connectivity index (χ4v) is 5.77. The zero-order valence-corrected chi connectivity index (χ0v) is 27.9. The Hall–Kier alpha value is -5.39. The van der Waals surface area contributed by atoms with E-state index in [1.54, 1.807) is 35.3 Å². The number of ether oxygens (including phenoxy) is 2. The van der Waals surface area contributed by atoms with Crippen LogP contribution in [0.4, 0.5) is 10.5 Å². The lowest BCUT2D eigenvalue weighted by molar-refractivity contribution is 0.0665. The summed E-state index contributed by atoms with van der Waals surface area (Å²) in [6.45, 7) is 4.02. The number of carbonyl (C=O) groups is 3. The molecular weight excluding hydrogens is 622 g/mol. The second-order valence-electron chi connectivity index (χ2n) is 11.5. The molecule has 4 aromatic carbocycles. The third-order valence-electron chi connectivity index (χ3n) is 8.28. The number of amides is 3. The smallest absolute Gasteiger partial charge is 0.429 e. The Morgan fingerprint density at radius 3 is 2.35 bits per heavy atom. The maximum Gasteiger partial charge on any atom is 0.429 e. The minimum absolute atomic E-state index is 0.0324. The molecule has 1 fully saturated rings. The van der Waals surface area contributed by atoms with E-state index >= 15 is 0 Å². The highest BCUT2D eigenvalue weighted by Gasteiger charge is 2.28. The normalized spacial score (nSPS) is 12.9. The fraction of sp³-hybridized carbons (Fsp3) is 0.289. The summed E-state index contributed by atoms with van der Waals surface area (Å²) in [6.07, 6.45) is 2.56. The van der Waals surface area contributed by atoms with Crippen LogP contribution in [0, 0.1) is 0 Å². The first-order valence-corrected chi connectivity index (χ1v) is 16.5. The van der Waals surface area contributed by atoms with Crippen LogP contribution < -0.4 is 20.5 Å². The Bertz CT molecular complexity index is 1730. The van der Waals surface area contributed by atoms with Crippen LogP contribution in [0.3, 0.4) is 0 Å². The molecule has 11 heteroatoms. The number of benzene rings is 4. The van der Waals surface area contributed by atoms with E-state index in [4.69, 9.17) is 9.47 Å². The molecule has 0 unspecified atom stereocenters. The summed E-state index contributed by atoms with van der Waals surface area (Å²) >= 11 is 0. The van der Waals surface area contributed by atoms with Gasteiger partial charge in [0.2, 0.25) is 0 Å². The second kappa shape index (κ2) is 17.1. The quantitative estimate of drug-likeness (QED) is 0.117. The van der Waals surface area contributed by atoms with Crippen molar-refractivity contribution in [2.45, 2.75) is 32.7 Å². The van der Waals surface area contributed by atoms with E-state index in [2.05, 4.69) is 10.7 Å². The van der Waals surface area contributed by atoms with Gasteiger partial charge in [-0.2, -0.15) is 0 Å². The lowest BCUT2D eigenvalue weighted by Gasteiger charge is -2.37. The van der Waals surface area contributed by atoms with Crippen molar-refractivity contribution in [3.8, 4) is 22.6 Å². The van der Waals surface area contributed by atoms with Crippen LogP contribution in [0.1, 0.15) is 52.5 Å². The van der Waals surface area contributed by atoms with E-state index in [9.17, 15) is 19.5 Å². The number of para-hydroxylation sites is 1. The van der Waals surface area contributed by atoms with Gasteiger partial charge in [-0.3, -0.25) is 14.6 Å². The first-order chi connectivity index (χ1) is 23.9.